The molecule has 34 heavy (non-hydrogen) atoms. The van der Waals surface area contributed by atoms with Crippen LogP contribution in [0.15, 0.2) is 42.5 Å². The van der Waals surface area contributed by atoms with E-state index in [1.807, 2.05) is 24.0 Å². The first-order valence-corrected chi connectivity index (χ1v) is 11.9. The van der Waals surface area contributed by atoms with Gasteiger partial charge in [0.25, 0.3) is 11.8 Å². The number of aromatic nitrogens is 1. The molecule has 2 fully saturated rings. The van der Waals surface area contributed by atoms with E-state index in [4.69, 9.17) is 0 Å². The van der Waals surface area contributed by atoms with Gasteiger partial charge in [0.05, 0.1) is 5.56 Å². The second-order valence-electron chi connectivity index (χ2n) is 9.43. The molecule has 0 aliphatic carbocycles. The Bertz CT molecular complexity index is 1250. The van der Waals surface area contributed by atoms with Crippen molar-refractivity contribution in [2.45, 2.75) is 32.6 Å². The summed E-state index contributed by atoms with van der Waals surface area (Å²) in [5.41, 5.74) is 3.53. The molecule has 0 spiro atoms. The van der Waals surface area contributed by atoms with E-state index < -0.39 is 11.7 Å². The zero-order valence-corrected chi connectivity index (χ0v) is 19.3. The number of carbonyl (C=O) groups excluding carboxylic acids is 3. The van der Waals surface area contributed by atoms with Crippen molar-refractivity contribution in [1.82, 2.24) is 14.8 Å². The lowest BCUT2D eigenvalue weighted by molar-refractivity contribution is -0.129. The van der Waals surface area contributed by atoms with E-state index >= 15 is 0 Å². The molecule has 3 aromatic rings. The van der Waals surface area contributed by atoms with Gasteiger partial charge in [0.15, 0.2) is 0 Å². The number of piperidine rings is 1. The van der Waals surface area contributed by atoms with Crippen LogP contribution in [0, 0.1) is 18.7 Å². The molecule has 5 rings (SSSR count). The number of amides is 2. The van der Waals surface area contributed by atoms with Gasteiger partial charge >= 0.3 is 0 Å². The normalized spacial score (nSPS) is 16.5. The molecule has 0 radical (unpaired) electrons. The molecule has 2 aromatic carbocycles. The summed E-state index contributed by atoms with van der Waals surface area (Å²) in [5.74, 6) is -0.833. The number of rotatable bonds is 5. The number of H-pyrrole nitrogens is 1. The maximum atomic E-state index is 13.5. The van der Waals surface area contributed by atoms with Crippen molar-refractivity contribution in [3.05, 3.63) is 70.7 Å². The fraction of sp³-hybridized carbons (Fsp3) is 0.370. The number of nitrogens with one attached hydrogen (secondary N) is 1. The van der Waals surface area contributed by atoms with Gasteiger partial charge in [-0.3, -0.25) is 14.4 Å². The van der Waals surface area contributed by atoms with Crippen molar-refractivity contribution in [3.8, 4) is 0 Å². The van der Waals surface area contributed by atoms with Crippen LogP contribution in [0.25, 0.3) is 10.9 Å². The summed E-state index contributed by atoms with van der Waals surface area (Å²) < 4.78 is 13.2. The third kappa shape index (κ3) is 4.22. The number of benzene rings is 2. The topological polar surface area (TPSA) is 73.5 Å². The molecule has 176 valence electrons. The van der Waals surface area contributed by atoms with E-state index in [-0.39, 0.29) is 11.7 Å². The van der Waals surface area contributed by atoms with Crippen LogP contribution in [0.3, 0.4) is 0 Å². The number of aryl methyl sites for hydroxylation is 1. The van der Waals surface area contributed by atoms with Crippen LogP contribution in [0.1, 0.15) is 51.2 Å². The van der Waals surface area contributed by atoms with E-state index in [0.29, 0.717) is 48.6 Å². The molecule has 0 atom stereocenters. The summed E-state index contributed by atoms with van der Waals surface area (Å²) in [4.78, 5) is 45.2. The number of aromatic amines is 1. The van der Waals surface area contributed by atoms with Crippen LogP contribution in [0.5, 0.6) is 0 Å². The van der Waals surface area contributed by atoms with Crippen LogP contribution in [-0.2, 0) is 11.2 Å². The predicted molar refractivity (Wildman–Crippen MR) is 127 cm³/mol. The molecule has 0 bridgehead atoms. The molecule has 2 saturated heterocycles. The van der Waals surface area contributed by atoms with Gasteiger partial charge in [0, 0.05) is 48.3 Å². The minimum atomic E-state index is -0.527. The standard InChI is InChI=1S/C27H28FN3O3/c1-17-24(22-16-20(5-8-23(22)29-17)25(32)27(34)30-11-2-12-30)26(33)31-13-9-19(10-14-31)15-18-3-6-21(28)7-4-18/h3-8,16,19,29H,2,9-15H2,1H3. The van der Waals surface area contributed by atoms with Gasteiger partial charge in [-0.25, -0.2) is 4.39 Å². The Morgan fingerprint density at radius 1 is 0.971 bits per heavy atom. The first kappa shape index (κ1) is 22.3. The Morgan fingerprint density at radius 3 is 2.32 bits per heavy atom. The summed E-state index contributed by atoms with van der Waals surface area (Å²) in [6.45, 7) is 4.42. The van der Waals surface area contributed by atoms with E-state index in [2.05, 4.69) is 4.98 Å². The highest BCUT2D eigenvalue weighted by Gasteiger charge is 2.29. The fourth-order valence-corrected chi connectivity index (χ4v) is 4.98. The minimum Gasteiger partial charge on any atom is -0.358 e. The molecule has 1 N–H and O–H groups in total. The molecule has 6 nitrogen and oxygen atoms in total. The Labute approximate surface area is 197 Å². The van der Waals surface area contributed by atoms with Gasteiger partial charge in [0.1, 0.15) is 5.82 Å². The van der Waals surface area contributed by atoms with E-state index in [0.717, 1.165) is 42.5 Å². The zero-order valence-electron chi connectivity index (χ0n) is 19.3. The Balaban J connectivity index is 1.31. The average Bonchev–Trinajstić information content (AvgIpc) is 3.13. The quantitative estimate of drug-likeness (QED) is 0.459. The smallest absolute Gasteiger partial charge is 0.294 e. The van der Waals surface area contributed by atoms with Crippen LogP contribution in [0.4, 0.5) is 4.39 Å². The number of nitrogens with zero attached hydrogens (tertiary/aromatic N) is 2. The highest BCUT2D eigenvalue weighted by atomic mass is 19.1. The number of fused-ring (bicyclic) bond motifs is 1. The van der Waals surface area contributed by atoms with Gasteiger partial charge in [-0.1, -0.05) is 12.1 Å². The maximum Gasteiger partial charge on any atom is 0.294 e. The predicted octanol–water partition coefficient (Wildman–Crippen LogP) is 4.13. The lowest BCUT2D eigenvalue weighted by Crippen LogP contribution is -2.45. The van der Waals surface area contributed by atoms with Crippen molar-refractivity contribution in [2.24, 2.45) is 5.92 Å². The van der Waals surface area contributed by atoms with Crippen molar-refractivity contribution in [3.63, 3.8) is 0 Å². The molecule has 7 heteroatoms. The summed E-state index contributed by atoms with van der Waals surface area (Å²) >= 11 is 0. The van der Waals surface area contributed by atoms with Crippen molar-refractivity contribution in [2.75, 3.05) is 26.2 Å². The van der Waals surface area contributed by atoms with Crippen LogP contribution in [0.2, 0.25) is 0 Å². The van der Waals surface area contributed by atoms with Crippen molar-refractivity contribution in [1.29, 1.82) is 0 Å². The Hall–Kier alpha value is -3.48. The molecule has 2 amide bonds. The molecule has 3 heterocycles. The second kappa shape index (κ2) is 9.05. The number of carbonyl (C=O) groups is 3. The minimum absolute atomic E-state index is 0.0531. The molecule has 1 aromatic heterocycles. The number of ketones is 1. The third-order valence-corrected chi connectivity index (χ3v) is 7.14. The van der Waals surface area contributed by atoms with Gasteiger partial charge in [-0.15, -0.1) is 0 Å². The summed E-state index contributed by atoms with van der Waals surface area (Å²) in [6, 6.07) is 11.7. The first-order chi connectivity index (χ1) is 16.4. The van der Waals surface area contributed by atoms with Crippen LogP contribution < -0.4 is 0 Å². The van der Waals surface area contributed by atoms with E-state index in [1.54, 1.807) is 23.1 Å². The van der Waals surface area contributed by atoms with E-state index in [9.17, 15) is 18.8 Å². The van der Waals surface area contributed by atoms with Gasteiger partial charge in [-0.2, -0.15) is 0 Å². The third-order valence-electron chi connectivity index (χ3n) is 7.14. The van der Waals surface area contributed by atoms with Gasteiger partial charge < -0.3 is 14.8 Å². The maximum absolute atomic E-state index is 13.5. The Morgan fingerprint density at radius 2 is 1.68 bits per heavy atom. The lowest BCUT2D eigenvalue weighted by atomic mass is 9.90. The average molecular weight is 462 g/mol. The highest BCUT2D eigenvalue weighted by molar-refractivity contribution is 6.43. The summed E-state index contributed by atoms with van der Waals surface area (Å²) in [5, 5.41) is 0.679. The number of hydrogen-bond donors (Lipinski definition) is 1. The molecule has 0 unspecified atom stereocenters. The largest absolute Gasteiger partial charge is 0.358 e. The van der Waals surface area contributed by atoms with Gasteiger partial charge in [0.2, 0.25) is 5.78 Å². The molecular weight excluding hydrogens is 433 g/mol. The van der Waals surface area contributed by atoms with Crippen LogP contribution >= 0.6 is 0 Å². The molecule has 2 aliphatic rings. The fourth-order valence-electron chi connectivity index (χ4n) is 4.98. The molecular formula is C27H28FN3O3. The van der Waals surface area contributed by atoms with Crippen LogP contribution in [-0.4, -0.2) is 58.6 Å². The van der Waals surface area contributed by atoms with Crippen molar-refractivity contribution >= 4 is 28.5 Å². The molecule has 2 aliphatic heterocycles. The van der Waals surface area contributed by atoms with E-state index in [1.165, 1.54) is 12.1 Å². The lowest BCUT2D eigenvalue weighted by Gasteiger charge is -2.32. The number of hydrogen-bond acceptors (Lipinski definition) is 3. The highest BCUT2D eigenvalue weighted by Crippen LogP contribution is 2.28. The number of halogens is 1. The van der Waals surface area contributed by atoms with Gasteiger partial charge in [-0.05, 0) is 74.4 Å². The summed E-state index contributed by atoms with van der Waals surface area (Å²) in [7, 11) is 0. The summed E-state index contributed by atoms with van der Waals surface area (Å²) in [6.07, 6.45) is 3.58. The second-order valence-corrected chi connectivity index (χ2v) is 9.43. The Kier molecular flexibility index (Phi) is 5.94. The monoisotopic (exact) mass is 461 g/mol. The molecule has 0 saturated carbocycles. The first-order valence-electron chi connectivity index (χ1n) is 11.9. The van der Waals surface area contributed by atoms with Crippen molar-refractivity contribution < 1.29 is 18.8 Å². The number of Topliss-reactive ketones (excluding diaryl/α,β-unsaturated/α-hetero) is 1. The SMILES string of the molecule is Cc1[nH]c2ccc(C(=O)C(=O)N3CCC3)cc2c1C(=O)N1CCC(Cc2ccc(F)cc2)CC1. The zero-order chi connectivity index (χ0) is 23.8. The number of likely N-dealkylation sites (tertiary alicyclic amines) is 2.